The lowest BCUT2D eigenvalue weighted by atomic mass is 9.91. The number of rotatable bonds is 8. The third kappa shape index (κ3) is 5.36. The van der Waals surface area contributed by atoms with E-state index in [1.165, 1.54) is 34.1 Å². The maximum atomic E-state index is 13.8. The van der Waals surface area contributed by atoms with Crippen LogP contribution in [0.5, 0.6) is 0 Å². The van der Waals surface area contributed by atoms with E-state index in [-0.39, 0.29) is 47.8 Å². The van der Waals surface area contributed by atoms with Gasteiger partial charge in [0.2, 0.25) is 5.91 Å². The minimum atomic E-state index is -4.68. The third-order valence-corrected chi connectivity index (χ3v) is 5.94. The highest BCUT2D eigenvalue weighted by atomic mass is 19.4. The highest BCUT2D eigenvalue weighted by Crippen LogP contribution is 2.42. The molecule has 1 aromatic carbocycles. The van der Waals surface area contributed by atoms with Crippen molar-refractivity contribution in [1.29, 1.82) is 0 Å². The summed E-state index contributed by atoms with van der Waals surface area (Å²) in [6.07, 6.45) is -2.85. The second kappa shape index (κ2) is 10.1. The lowest BCUT2D eigenvalue weighted by Gasteiger charge is -2.33. The molecule has 2 atom stereocenters. The fourth-order valence-corrected chi connectivity index (χ4v) is 4.53. The Morgan fingerprint density at radius 2 is 1.89 bits per heavy atom. The van der Waals surface area contributed by atoms with Gasteiger partial charge in [0.1, 0.15) is 6.04 Å². The van der Waals surface area contributed by atoms with Crippen LogP contribution in [0.4, 0.5) is 18.0 Å². The monoisotopic (exact) mass is 492 g/mol. The summed E-state index contributed by atoms with van der Waals surface area (Å²) in [6, 6.07) is 1.94. The van der Waals surface area contributed by atoms with Crippen LogP contribution in [0, 0.1) is 5.92 Å². The van der Waals surface area contributed by atoms with E-state index in [9.17, 15) is 27.6 Å². The van der Waals surface area contributed by atoms with Gasteiger partial charge in [-0.15, -0.1) is 6.58 Å². The fourth-order valence-electron chi connectivity index (χ4n) is 4.53. The summed E-state index contributed by atoms with van der Waals surface area (Å²) in [4.78, 5) is 42.4. The number of nitrogens with one attached hydrogen (secondary N) is 2. The van der Waals surface area contributed by atoms with Gasteiger partial charge in [-0.3, -0.25) is 14.5 Å². The van der Waals surface area contributed by atoms with E-state index in [4.69, 9.17) is 0 Å². The summed E-state index contributed by atoms with van der Waals surface area (Å²) in [5.74, 6) is -0.849. The van der Waals surface area contributed by atoms with Crippen molar-refractivity contribution >= 4 is 17.8 Å². The number of alkyl halides is 3. The number of nitrogens with zero attached hydrogens (tertiary/aromatic N) is 2. The Morgan fingerprint density at radius 1 is 1.23 bits per heavy atom. The average Bonchev–Trinajstić information content (AvgIpc) is 3.09. The maximum absolute atomic E-state index is 13.8. The van der Waals surface area contributed by atoms with Crippen molar-refractivity contribution in [1.82, 2.24) is 20.4 Å². The van der Waals surface area contributed by atoms with Crippen LogP contribution < -0.4 is 10.6 Å². The number of benzene rings is 1. The van der Waals surface area contributed by atoms with Gasteiger partial charge in [0.05, 0.1) is 29.4 Å². The first-order chi connectivity index (χ1) is 16.4. The highest BCUT2D eigenvalue weighted by molar-refractivity contribution is 6.03. The Balaban J connectivity index is 2.11. The lowest BCUT2D eigenvalue weighted by molar-refractivity contribution is -0.139. The minimum absolute atomic E-state index is 0.0363. The molecule has 0 saturated heterocycles. The summed E-state index contributed by atoms with van der Waals surface area (Å²) in [5.41, 5.74) is -0.834. The Kier molecular flexibility index (Phi) is 7.62. The molecule has 0 spiro atoms. The number of halogens is 3. The molecule has 10 heteroatoms. The van der Waals surface area contributed by atoms with Crippen molar-refractivity contribution in [3.05, 3.63) is 59.3 Å². The molecule has 2 aliphatic rings. The average molecular weight is 493 g/mol. The molecule has 2 heterocycles. The van der Waals surface area contributed by atoms with Crippen LogP contribution in [0.2, 0.25) is 0 Å². The molecule has 0 saturated carbocycles. The van der Waals surface area contributed by atoms with Gasteiger partial charge in [0, 0.05) is 12.6 Å². The van der Waals surface area contributed by atoms with Crippen LogP contribution in [0.15, 0.2) is 48.2 Å². The van der Waals surface area contributed by atoms with Crippen LogP contribution in [0.3, 0.4) is 0 Å². The van der Waals surface area contributed by atoms with E-state index in [1.54, 1.807) is 13.8 Å². The molecule has 35 heavy (non-hydrogen) atoms. The van der Waals surface area contributed by atoms with Gasteiger partial charge in [-0.1, -0.05) is 38.1 Å². The Bertz CT molecular complexity index is 1050. The van der Waals surface area contributed by atoms with E-state index in [0.29, 0.717) is 6.42 Å². The largest absolute Gasteiger partial charge is 0.416 e. The van der Waals surface area contributed by atoms with E-state index < -0.39 is 35.8 Å². The molecule has 2 unspecified atom stereocenters. The van der Waals surface area contributed by atoms with Crippen molar-refractivity contribution in [2.75, 3.05) is 13.1 Å². The van der Waals surface area contributed by atoms with E-state index >= 15 is 0 Å². The molecule has 0 bridgehead atoms. The SMILES string of the molecule is C=CCN1C(=O)NC(c2ccccc2C(F)(F)F)C2=C1CN(C(CC(C)C)C(=O)NC(C)C)C2=O. The predicted octanol–water partition coefficient (Wildman–Crippen LogP) is 3.99. The fraction of sp³-hybridized carbons (Fsp3) is 0.480. The molecule has 4 amide bonds. The zero-order valence-electron chi connectivity index (χ0n) is 20.3. The number of hydrogen-bond donors (Lipinski definition) is 2. The molecule has 7 nitrogen and oxygen atoms in total. The van der Waals surface area contributed by atoms with Crippen molar-refractivity contribution in [2.45, 2.75) is 58.4 Å². The smallest absolute Gasteiger partial charge is 0.352 e. The first-order valence-electron chi connectivity index (χ1n) is 11.6. The van der Waals surface area contributed by atoms with Crippen LogP contribution in [-0.4, -0.2) is 52.8 Å². The molecule has 2 N–H and O–H groups in total. The summed E-state index contributed by atoms with van der Waals surface area (Å²) in [5, 5.41) is 5.41. The highest BCUT2D eigenvalue weighted by Gasteiger charge is 2.48. The Labute approximate surface area is 203 Å². The molecule has 0 aliphatic carbocycles. The van der Waals surface area contributed by atoms with Gasteiger partial charge in [-0.25, -0.2) is 4.79 Å². The minimum Gasteiger partial charge on any atom is -0.352 e. The first-order valence-corrected chi connectivity index (χ1v) is 11.6. The van der Waals surface area contributed by atoms with Gasteiger partial charge in [0.25, 0.3) is 5.91 Å². The quantitative estimate of drug-likeness (QED) is 0.539. The van der Waals surface area contributed by atoms with E-state index in [1.807, 2.05) is 13.8 Å². The van der Waals surface area contributed by atoms with Gasteiger partial charge in [-0.05, 0) is 37.8 Å². The summed E-state index contributed by atoms with van der Waals surface area (Å²) in [7, 11) is 0. The van der Waals surface area contributed by atoms with Gasteiger partial charge in [0.15, 0.2) is 0 Å². The summed E-state index contributed by atoms with van der Waals surface area (Å²) >= 11 is 0. The molecule has 190 valence electrons. The lowest BCUT2D eigenvalue weighted by Crippen LogP contribution is -2.50. The maximum Gasteiger partial charge on any atom is 0.416 e. The molecular formula is C25H31F3N4O3. The van der Waals surface area contributed by atoms with E-state index in [2.05, 4.69) is 17.2 Å². The summed E-state index contributed by atoms with van der Waals surface area (Å²) < 4.78 is 41.4. The van der Waals surface area contributed by atoms with Gasteiger partial charge >= 0.3 is 12.2 Å². The zero-order valence-corrected chi connectivity index (χ0v) is 20.3. The topological polar surface area (TPSA) is 81.8 Å². The molecule has 0 fully saturated rings. The molecule has 3 rings (SSSR count). The van der Waals surface area contributed by atoms with Crippen molar-refractivity contribution in [3.8, 4) is 0 Å². The number of carbonyl (C=O) groups excluding carboxylic acids is 3. The third-order valence-electron chi connectivity index (χ3n) is 5.94. The number of hydrogen-bond acceptors (Lipinski definition) is 3. The molecule has 2 aliphatic heterocycles. The molecule has 1 aromatic rings. The normalized spacial score (nSPS) is 19.3. The van der Waals surface area contributed by atoms with Gasteiger partial charge < -0.3 is 15.5 Å². The van der Waals surface area contributed by atoms with E-state index in [0.717, 1.165) is 6.07 Å². The second-order valence-corrected chi connectivity index (χ2v) is 9.47. The number of amides is 4. The van der Waals surface area contributed by atoms with Crippen LogP contribution in [0.1, 0.15) is 51.3 Å². The zero-order chi connectivity index (χ0) is 26.1. The first kappa shape index (κ1) is 26.3. The number of carbonyl (C=O) groups is 3. The van der Waals surface area contributed by atoms with Gasteiger partial charge in [-0.2, -0.15) is 13.2 Å². The Hall–Kier alpha value is -3.30. The van der Waals surface area contributed by atoms with Crippen molar-refractivity contribution in [2.24, 2.45) is 5.92 Å². The Morgan fingerprint density at radius 3 is 2.46 bits per heavy atom. The van der Waals surface area contributed by atoms with Crippen LogP contribution in [-0.2, 0) is 15.8 Å². The van der Waals surface area contributed by atoms with Crippen LogP contribution >= 0.6 is 0 Å². The summed E-state index contributed by atoms with van der Waals surface area (Å²) in [6.45, 7) is 11.1. The molecular weight excluding hydrogens is 461 g/mol. The predicted molar refractivity (Wildman–Crippen MR) is 125 cm³/mol. The van der Waals surface area contributed by atoms with Crippen molar-refractivity contribution < 1.29 is 27.6 Å². The second-order valence-electron chi connectivity index (χ2n) is 9.47. The number of urea groups is 1. The van der Waals surface area contributed by atoms with Crippen molar-refractivity contribution in [3.63, 3.8) is 0 Å². The standard InChI is InChI=1S/C25H31F3N4O3/c1-6-11-31-19-13-32(18(12-14(2)3)22(33)29-15(4)5)23(34)20(19)21(30-24(31)35)16-9-7-8-10-17(16)25(26,27)28/h6-10,14-15,18,21H,1,11-13H2,2-5H3,(H,29,33)(H,30,35). The van der Waals surface area contributed by atoms with Crippen LogP contribution in [0.25, 0.3) is 0 Å². The molecule has 0 radical (unpaired) electrons. The molecule has 0 aromatic heterocycles.